The van der Waals surface area contributed by atoms with Crippen LogP contribution in [-0.2, 0) is 12.8 Å². The summed E-state index contributed by atoms with van der Waals surface area (Å²) in [6, 6.07) is 29.2. The fourth-order valence-corrected chi connectivity index (χ4v) is 7.31. The topological polar surface area (TPSA) is 9.86 Å². The van der Waals surface area contributed by atoms with Gasteiger partial charge in [0.25, 0.3) is 0 Å². The monoisotopic (exact) mass is 542 g/mol. The van der Waals surface area contributed by atoms with Gasteiger partial charge in [-0.2, -0.15) is 0 Å². The van der Waals surface area contributed by atoms with Crippen LogP contribution in [0.15, 0.2) is 97.6 Å². The Morgan fingerprint density at radius 2 is 1.21 bits per heavy atom. The van der Waals surface area contributed by atoms with Crippen LogP contribution in [0.1, 0.15) is 52.0 Å². The van der Waals surface area contributed by atoms with Gasteiger partial charge in [0, 0.05) is 33.5 Å². The van der Waals surface area contributed by atoms with E-state index in [0.717, 1.165) is 31.2 Å². The number of allylic oxidation sites excluding steroid dienone is 2. The van der Waals surface area contributed by atoms with Crippen molar-refractivity contribution in [3.05, 3.63) is 137 Å². The van der Waals surface area contributed by atoms with Crippen molar-refractivity contribution in [3.63, 3.8) is 0 Å². The van der Waals surface area contributed by atoms with Gasteiger partial charge in [-0.3, -0.25) is 0 Å². The minimum Gasteiger partial charge on any atom is -0.310 e. The summed E-state index contributed by atoms with van der Waals surface area (Å²) < 4.78 is 4.88. The van der Waals surface area contributed by atoms with Gasteiger partial charge in [0.05, 0.1) is 11.0 Å². The molecular formula is C40H34N2. The quantitative estimate of drug-likeness (QED) is 0.210. The highest BCUT2D eigenvalue weighted by Gasteiger charge is 2.23. The fraction of sp³-hybridized carbons (Fsp3) is 0.150. The molecule has 8 rings (SSSR count). The fourth-order valence-electron chi connectivity index (χ4n) is 7.31. The second kappa shape index (κ2) is 9.63. The lowest BCUT2D eigenvalue weighted by Crippen LogP contribution is -2.03. The van der Waals surface area contributed by atoms with Crippen LogP contribution in [0.3, 0.4) is 0 Å². The van der Waals surface area contributed by atoms with Gasteiger partial charge in [-0.25, -0.2) is 0 Å². The van der Waals surface area contributed by atoms with Crippen LogP contribution < -0.4 is 0 Å². The molecule has 2 aliphatic carbocycles. The highest BCUT2D eigenvalue weighted by atomic mass is 15.0. The number of nitrogens with zero attached hydrogens (tertiary/aromatic N) is 2. The Bertz CT molecular complexity index is 2090. The smallest absolute Gasteiger partial charge is 0.0541 e. The van der Waals surface area contributed by atoms with Gasteiger partial charge in [0.1, 0.15) is 0 Å². The molecule has 0 N–H and O–H groups in total. The predicted octanol–water partition coefficient (Wildman–Crippen LogP) is 10.4. The van der Waals surface area contributed by atoms with Crippen LogP contribution in [-0.4, -0.2) is 9.13 Å². The molecule has 2 aromatic heterocycles. The Morgan fingerprint density at radius 3 is 1.83 bits per heavy atom. The summed E-state index contributed by atoms with van der Waals surface area (Å²) in [7, 11) is 0. The number of aromatic nitrogens is 2. The summed E-state index contributed by atoms with van der Waals surface area (Å²) in [4.78, 5) is 0. The average Bonchev–Trinajstić information content (AvgIpc) is 3.54. The maximum Gasteiger partial charge on any atom is 0.0541 e. The summed E-state index contributed by atoms with van der Waals surface area (Å²) in [6.45, 7) is 8.48. The van der Waals surface area contributed by atoms with Gasteiger partial charge in [-0.1, -0.05) is 61.2 Å². The Balaban J connectivity index is 1.22. The average molecular weight is 543 g/mol. The van der Waals surface area contributed by atoms with Gasteiger partial charge < -0.3 is 9.13 Å². The van der Waals surface area contributed by atoms with Crippen molar-refractivity contribution in [1.82, 2.24) is 9.13 Å². The third kappa shape index (κ3) is 3.72. The first-order valence-corrected chi connectivity index (χ1v) is 15.1. The molecule has 0 amide bonds. The largest absolute Gasteiger partial charge is 0.310 e. The number of hydrogen-bond donors (Lipinski definition) is 0. The lowest BCUT2D eigenvalue weighted by Gasteiger charge is -2.17. The third-order valence-electron chi connectivity index (χ3n) is 9.30. The number of aryl methyl sites for hydroxylation is 2. The van der Waals surface area contributed by atoms with E-state index in [1.165, 1.54) is 66.8 Å². The van der Waals surface area contributed by atoms with Crippen molar-refractivity contribution in [3.8, 4) is 22.5 Å². The van der Waals surface area contributed by atoms with Crippen LogP contribution in [0.2, 0.25) is 0 Å². The molecule has 0 radical (unpaired) electrons. The van der Waals surface area contributed by atoms with E-state index in [4.69, 9.17) is 0 Å². The van der Waals surface area contributed by atoms with Gasteiger partial charge in [-0.15, -0.1) is 0 Å². The molecule has 2 aliphatic rings. The van der Waals surface area contributed by atoms with Crippen molar-refractivity contribution in [2.45, 2.75) is 39.5 Å². The summed E-state index contributed by atoms with van der Waals surface area (Å²) >= 11 is 0. The zero-order chi connectivity index (χ0) is 28.4. The Morgan fingerprint density at radius 1 is 0.619 bits per heavy atom. The zero-order valence-corrected chi connectivity index (χ0v) is 24.3. The van der Waals surface area contributed by atoms with E-state index in [2.05, 4.69) is 133 Å². The molecule has 4 aromatic carbocycles. The lowest BCUT2D eigenvalue weighted by atomic mass is 9.94. The highest BCUT2D eigenvalue weighted by molar-refractivity contribution is 6.09. The van der Waals surface area contributed by atoms with E-state index in [1.54, 1.807) is 11.1 Å². The molecule has 0 saturated heterocycles. The third-order valence-corrected chi connectivity index (χ3v) is 9.30. The standard InChI is InChI=1S/C40H34N2/c1-4-28-17-22-40-36(25-28)35-13-7-10-16-39(35)42(40)30-19-21-32(27(3)24-30)31-20-18-29(23-26(31)2)41-37-14-8-5-11-33(37)34-12-6-9-15-38(34)41/h4,7-10,13-25H,1,5-6,11-12H2,2-3H3. The van der Waals surface area contributed by atoms with Crippen molar-refractivity contribution < 1.29 is 0 Å². The normalized spacial score (nSPS) is 14.0. The van der Waals surface area contributed by atoms with E-state index in [9.17, 15) is 0 Å². The predicted molar refractivity (Wildman–Crippen MR) is 180 cm³/mol. The molecule has 2 heterocycles. The van der Waals surface area contributed by atoms with Crippen LogP contribution in [0.5, 0.6) is 0 Å². The maximum absolute atomic E-state index is 3.98. The summed E-state index contributed by atoms with van der Waals surface area (Å²) in [6.07, 6.45) is 15.8. The molecule has 2 nitrogen and oxygen atoms in total. The van der Waals surface area contributed by atoms with E-state index >= 15 is 0 Å². The van der Waals surface area contributed by atoms with Gasteiger partial charge >= 0.3 is 0 Å². The SMILES string of the molecule is C=Cc1ccc2c(c1)c1ccccc1n2-c1ccc(-c2ccc(-n3c4c(c5c3C=CCC5)CCC=C4)cc2C)c(C)c1. The van der Waals surface area contributed by atoms with Crippen molar-refractivity contribution in [1.29, 1.82) is 0 Å². The van der Waals surface area contributed by atoms with E-state index in [1.807, 2.05) is 6.08 Å². The summed E-state index contributed by atoms with van der Waals surface area (Å²) in [5.41, 5.74) is 17.0. The van der Waals surface area contributed by atoms with Crippen LogP contribution in [0, 0.1) is 13.8 Å². The zero-order valence-electron chi connectivity index (χ0n) is 24.3. The Hall–Kier alpha value is -4.82. The van der Waals surface area contributed by atoms with Gasteiger partial charge in [0.2, 0.25) is 0 Å². The van der Waals surface area contributed by atoms with Crippen molar-refractivity contribution >= 4 is 40.0 Å². The van der Waals surface area contributed by atoms with Crippen LogP contribution in [0.4, 0.5) is 0 Å². The van der Waals surface area contributed by atoms with Crippen LogP contribution >= 0.6 is 0 Å². The second-order valence-electron chi connectivity index (χ2n) is 11.8. The molecule has 0 saturated carbocycles. The maximum atomic E-state index is 3.98. The molecule has 42 heavy (non-hydrogen) atoms. The number of rotatable bonds is 4. The molecule has 2 heteroatoms. The molecule has 0 atom stereocenters. The first kappa shape index (κ1) is 24.9. The van der Waals surface area contributed by atoms with E-state index in [0.29, 0.717) is 0 Å². The Labute approximate surface area is 247 Å². The number of para-hydroxylation sites is 1. The van der Waals surface area contributed by atoms with Gasteiger partial charge in [0.15, 0.2) is 0 Å². The molecule has 0 bridgehead atoms. The van der Waals surface area contributed by atoms with Crippen molar-refractivity contribution in [2.24, 2.45) is 0 Å². The molecule has 0 aliphatic heterocycles. The molecular weight excluding hydrogens is 508 g/mol. The number of benzene rings is 4. The number of fused-ring (bicyclic) bond motifs is 6. The molecule has 204 valence electrons. The van der Waals surface area contributed by atoms with Crippen LogP contribution in [0.25, 0.3) is 62.5 Å². The Kier molecular flexibility index (Phi) is 5.72. The first-order valence-electron chi connectivity index (χ1n) is 15.1. The van der Waals surface area contributed by atoms with Gasteiger partial charge in [-0.05, 0) is 133 Å². The summed E-state index contributed by atoms with van der Waals surface area (Å²) in [5.74, 6) is 0. The molecule has 0 unspecified atom stereocenters. The minimum absolute atomic E-state index is 1.14. The number of hydrogen-bond acceptors (Lipinski definition) is 0. The minimum atomic E-state index is 1.14. The van der Waals surface area contributed by atoms with E-state index in [-0.39, 0.29) is 0 Å². The molecule has 0 fully saturated rings. The lowest BCUT2D eigenvalue weighted by molar-refractivity contribution is 0.922. The van der Waals surface area contributed by atoms with Crippen molar-refractivity contribution in [2.75, 3.05) is 0 Å². The molecule has 6 aromatic rings. The highest BCUT2D eigenvalue weighted by Crippen LogP contribution is 2.38. The van der Waals surface area contributed by atoms with E-state index < -0.39 is 0 Å². The first-order chi connectivity index (χ1) is 20.6. The summed E-state index contributed by atoms with van der Waals surface area (Å²) in [5, 5.41) is 2.53. The second-order valence-corrected chi connectivity index (χ2v) is 11.8. The molecule has 0 spiro atoms.